The summed E-state index contributed by atoms with van der Waals surface area (Å²) in [7, 11) is 3.05. The molecule has 4 heteroatoms. The topological polar surface area (TPSA) is 27.7 Å². The molecule has 0 fully saturated rings. The van der Waals surface area contributed by atoms with Crippen LogP contribution < -0.4 is 0 Å². The Kier molecular flexibility index (Phi) is 5.49. The van der Waals surface area contributed by atoms with Gasteiger partial charge in [-0.3, -0.25) is 0 Å². The molecule has 0 spiro atoms. The predicted octanol–water partition coefficient (Wildman–Crippen LogP) is 3.05. The highest BCUT2D eigenvalue weighted by Gasteiger charge is 2.06. The Bertz CT molecular complexity index is 581. The van der Waals surface area contributed by atoms with E-state index in [1.165, 1.54) is 21.9 Å². The summed E-state index contributed by atoms with van der Waals surface area (Å²) in [5.41, 5.74) is 2.81. The summed E-state index contributed by atoms with van der Waals surface area (Å²) in [6.45, 7) is 0. The fourth-order valence-electron chi connectivity index (χ4n) is 2.36. The Morgan fingerprint density at radius 3 is 2.15 bits per heavy atom. The molecular formula is C16H20O3Si. The maximum atomic E-state index is 4.74. The lowest BCUT2D eigenvalue weighted by Gasteiger charge is -2.11. The van der Waals surface area contributed by atoms with Crippen molar-refractivity contribution in [2.45, 2.75) is 6.42 Å². The van der Waals surface area contributed by atoms with E-state index in [1.54, 1.807) is 21.3 Å². The molecule has 106 valence electrons. The summed E-state index contributed by atoms with van der Waals surface area (Å²) in [4.78, 5) is 0. The number of benzene rings is 2. The summed E-state index contributed by atoms with van der Waals surface area (Å²) in [6, 6.07) is 13.0. The van der Waals surface area contributed by atoms with Gasteiger partial charge in [0.15, 0.2) is 0 Å². The van der Waals surface area contributed by atoms with Crippen molar-refractivity contribution in [2.24, 2.45) is 0 Å². The van der Waals surface area contributed by atoms with Crippen LogP contribution in [0.4, 0.5) is 0 Å². The Labute approximate surface area is 121 Å². The zero-order valence-electron chi connectivity index (χ0n) is 12.1. The van der Waals surface area contributed by atoms with Crippen LogP contribution in [0.15, 0.2) is 42.5 Å². The SMILES string of the molecule is C1=Cc2cccc3cccc(c23)C1.CO[SiH](OC)OC. The summed E-state index contributed by atoms with van der Waals surface area (Å²) < 4.78 is 14.2. The Morgan fingerprint density at radius 1 is 0.900 bits per heavy atom. The standard InChI is InChI=1S/C13H10.C3H10O3Si/c1-4-10-6-2-8-12-9-3-7-11(5-1)13(10)12;1-4-7(5-2)6-3/h1-8H,9H2;7H,1-3H3. The van der Waals surface area contributed by atoms with E-state index in [0.717, 1.165) is 6.42 Å². The largest absolute Gasteiger partial charge is 0.483 e. The normalized spacial score (nSPS) is 12.4. The Morgan fingerprint density at radius 2 is 1.55 bits per heavy atom. The van der Waals surface area contributed by atoms with Gasteiger partial charge in [0.1, 0.15) is 0 Å². The molecule has 0 radical (unpaired) electrons. The molecule has 20 heavy (non-hydrogen) atoms. The third-order valence-corrected chi connectivity index (χ3v) is 4.39. The van der Waals surface area contributed by atoms with E-state index >= 15 is 0 Å². The number of allylic oxidation sites excluding steroid dienone is 1. The highest BCUT2D eigenvalue weighted by molar-refractivity contribution is 6.36. The lowest BCUT2D eigenvalue weighted by molar-refractivity contribution is 0.163. The number of hydrogen-bond acceptors (Lipinski definition) is 3. The van der Waals surface area contributed by atoms with E-state index in [-0.39, 0.29) is 0 Å². The van der Waals surface area contributed by atoms with Crippen LogP contribution >= 0.6 is 0 Å². The van der Waals surface area contributed by atoms with Gasteiger partial charge >= 0.3 is 9.53 Å². The first-order valence-electron chi connectivity index (χ1n) is 6.55. The van der Waals surface area contributed by atoms with Crippen LogP contribution in [0.2, 0.25) is 0 Å². The first-order valence-corrected chi connectivity index (χ1v) is 7.97. The second kappa shape index (κ2) is 7.35. The van der Waals surface area contributed by atoms with Crippen molar-refractivity contribution < 1.29 is 13.3 Å². The minimum Gasteiger partial charge on any atom is -0.379 e. The molecule has 0 atom stereocenters. The molecule has 0 N–H and O–H groups in total. The van der Waals surface area contributed by atoms with E-state index < -0.39 is 9.53 Å². The van der Waals surface area contributed by atoms with Crippen LogP contribution in [-0.2, 0) is 19.7 Å². The summed E-state index contributed by atoms with van der Waals surface area (Å²) in [5, 5.41) is 2.80. The molecular weight excluding hydrogens is 268 g/mol. The first kappa shape index (κ1) is 14.9. The van der Waals surface area contributed by atoms with Gasteiger partial charge in [-0.2, -0.15) is 0 Å². The average molecular weight is 288 g/mol. The van der Waals surface area contributed by atoms with Crippen LogP contribution in [0, 0.1) is 0 Å². The van der Waals surface area contributed by atoms with E-state index in [1.807, 2.05) is 0 Å². The molecule has 0 heterocycles. The van der Waals surface area contributed by atoms with Crippen LogP contribution in [0.1, 0.15) is 11.1 Å². The van der Waals surface area contributed by atoms with E-state index in [0.29, 0.717) is 0 Å². The van der Waals surface area contributed by atoms with Gasteiger partial charge in [-0.25, -0.2) is 0 Å². The smallest absolute Gasteiger partial charge is 0.379 e. The zero-order valence-corrected chi connectivity index (χ0v) is 13.3. The highest BCUT2D eigenvalue weighted by atomic mass is 28.3. The molecule has 3 rings (SSSR count). The Hall–Kier alpha value is -1.46. The molecule has 1 aliphatic rings. The molecule has 0 saturated carbocycles. The molecule has 3 nitrogen and oxygen atoms in total. The molecule has 0 bridgehead atoms. The third kappa shape index (κ3) is 3.35. The molecule has 1 aliphatic carbocycles. The fourth-order valence-corrected chi connectivity index (χ4v) is 2.94. The van der Waals surface area contributed by atoms with Crippen molar-refractivity contribution in [3.05, 3.63) is 53.6 Å². The van der Waals surface area contributed by atoms with Gasteiger partial charge in [0, 0.05) is 21.3 Å². The lowest BCUT2D eigenvalue weighted by atomic mass is 9.93. The maximum Gasteiger partial charge on any atom is 0.483 e. The van der Waals surface area contributed by atoms with Crippen molar-refractivity contribution in [3.8, 4) is 0 Å². The molecule has 2 aromatic carbocycles. The summed E-state index contributed by atoms with van der Waals surface area (Å²) in [5.74, 6) is 0. The van der Waals surface area contributed by atoms with E-state index in [4.69, 9.17) is 13.3 Å². The fraction of sp³-hybridized carbons (Fsp3) is 0.250. The van der Waals surface area contributed by atoms with Gasteiger partial charge < -0.3 is 13.3 Å². The van der Waals surface area contributed by atoms with Gasteiger partial charge in [-0.05, 0) is 28.3 Å². The van der Waals surface area contributed by atoms with Crippen LogP contribution in [0.3, 0.4) is 0 Å². The van der Waals surface area contributed by atoms with Gasteiger partial charge in [0.25, 0.3) is 0 Å². The Balaban J connectivity index is 0.000000182. The van der Waals surface area contributed by atoms with Crippen molar-refractivity contribution >= 4 is 26.4 Å². The van der Waals surface area contributed by atoms with Crippen molar-refractivity contribution in [3.63, 3.8) is 0 Å². The molecule has 0 saturated heterocycles. The van der Waals surface area contributed by atoms with E-state index in [9.17, 15) is 0 Å². The molecule has 0 amide bonds. The third-order valence-electron chi connectivity index (χ3n) is 3.24. The van der Waals surface area contributed by atoms with Gasteiger partial charge in [-0.15, -0.1) is 0 Å². The molecule has 0 aliphatic heterocycles. The second-order valence-electron chi connectivity index (χ2n) is 4.46. The minimum atomic E-state index is -1.67. The monoisotopic (exact) mass is 288 g/mol. The quantitative estimate of drug-likeness (QED) is 0.813. The van der Waals surface area contributed by atoms with Crippen LogP contribution in [0.25, 0.3) is 16.8 Å². The minimum absolute atomic E-state index is 1.08. The van der Waals surface area contributed by atoms with Crippen LogP contribution in [-0.4, -0.2) is 30.9 Å². The number of rotatable bonds is 3. The average Bonchev–Trinajstić information content (AvgIpc) is 2.51. The lowest BCUT2D eigenvalue weighted by Crippen LogP contribution is -2.21. The van der Waals surface area contributed by atoms with Crippen molar-refractivity contribution in [2.75, 3.05) is 21.3 Å². The summed E-state index contributed by atoms with van der Waals surface area (Å²) >= 11 is 0. The first-order chi connectivity index (χ1) is 9.80. The second-order valence-corrected chi connectivity index (χ2v) is 6.46. The predicted molar refractivity (Wildman–Crippen MR) is 84.9 cm³/mol. The van der Waals surface area contributed by atoms with Crippen LogP contribution in [0.5, 0.6) is 0 Å². The van der Waals surface area contributed by atoms with Crippen molar-refractivity contribution in [1.82, 2.24) is 0 Å². The van der Waals surface area contributed by atoms with Gasteiger partial charge in [-0.1, -0.05) is 48.6 Å². The van der Waals surface area contributed by atoms with Crippen molar-refractivity contribution in [1.29, 1.82) is 0 Å². The molecule has 0 aromatic heterocycles. The number of hydrogen-bond donors (Lipinski definition) is 0. The maximum absolute atomic E-state index is 4.74. The summed E-state index contributed by atoms with van der Waals surface area (Å²) in [6.07, 6.45) is 5.53. The van der Waals surface area contributed by atoms with Gasteiger partial charge in [0.2, 0.25) is 0 Å². The van der Waals surface area contributed by atoms with E-state index in [2.05, 4.69) is 48.6 Å². The van der Waals surface area contributed by atoms with Gasteiger partial charge in [0.05, 0.1) is 0 Å². The molecule has 2 aromatic rings. The zero-order chi connectivity index (χ0) is 14.4. The highest BCUT2D eigenvalue weighted by Crippen LogP contribution is 2.27. The molecule has 0 unspecified atom stereocenters.